The van der Waals surface area contributed by atoms with Crippen LogP contribution in [0.2, 0.25) is 0 Å². The molecule has 0 spiro atoms. The van der Waals surface area contributed by atoms with E-state index in [-0.39, 0.29) is 4.90 Å². The fraction of sp³-hybridized carbons (Fsp3) is 0.636. The Balaban J connectivity index is 2.07. The van der Waals surface area contributed by atoms with Gasteiger partial charge in [0.25, 0.3) is 0 Å². The number of sulfonamides is 1. The summed E-state index contributed by atoms with van der Waals surface area (Å²) in [5.74, 6) is 0. The van der Waals surface area contributed by atoms with E-state index in [2.05, 4.69) is 15.1 Å². The number of aromatic nitrogens is 2. The number of hydrogen-bond acceptors (Lipinski definition) is 5. The Morgan fingerprint density at radius 3 is 2.45 bits per heavy atom. The van der Waals surface area contributed by atoms with Gasteiger partial charge in [0.1, 0.15) is 4.90 Å². The summed E-state index contributed by atoms with van der Waals surface area (Å²) in [6, 6.07) is 0. The third-order valence-corrected chi connectivity index (χ3v) is 6.11. The Bertz CT molecular complexity index is 574. The summed E-state index contributed by atoms with van der Waals surface area (Å²) in [5, 5.41) is 6.21. The van der Waals surface area contributed by atoms with Gasteiger partial charge in [-0.3, -0.25) is 10.00 Å². The van der Waals surface area contributed by atoms with Gasteiger partial charge in [-0.15, -0.1) is 0 Å². The van der Waals surface area contributed by atoms with Crippen molar-refractivity contribution in [2.24, 2.45) is 5.73 Å². The maximum absolute atomic E-state index is 12.3. The summed E-state index contributed by atoms with van der Waals surface area (Å²) in [6.45, 7) is 5.94. The van der Waals surface area contributed by atoms with E-state index in [1.54, 1.807) is 0 Å². The van der Waals surface area contributed by atoms with Crippen molar-refractivity contribution in [2.45, 2.75) is 24.3 Å². The average Bonchev–Trinajstić information content (AvgIpc) is 2.93. The molecule has 0 amide bonds. The fourth-order valence-electron chi connectivity index (χ4n) is 2.17. The molecule has 2 rings (SSSR count). The van der Waals surface area contributed by atoms with E-state index in [4.69, 9.17) is 18.0 Å². The molecule has 1 aliphatic rings. The van der Waals surface area contributed by atoms with Crippen molar-refractivity contribution in [3.8, 4) is 0 Å². The van der Waals surface area contributed by atoms with Gasteiger partial charge in [-0.2, -0.15) is 9.40 Å². The van der Waals surface area contributed by atoms with Gasteiger partial charge < -0.3 is 5.73 Å². The molecule has 20 heavy (non-hydrogen) atoms. The Kier molecular flexibility index (Phi) is 4.14. The predicted octanol–water partition coefficient (Wildman–Crippen LogP) is -0.219. The van der Waals surface area contributed by atoms with Gasteiger partial charge in [-0.1, -0.05) is 12.2 Å². The number of hydrogen-bond donors (Lipinski definition) is 2. The minimum atomic E-state index is -3.46. The Morgan fingerprint density at radius 1 is 1.40 bits per heavy atom. The lowest BCUT2D eigenvalue weighted by Gasteiger charge is -2.42. The number of H-pyrrole nitrogens is 1. The van der Waals surface area contributed by atoms with Crippen LogP contribution in [0.25, 0.3) is 0 Å². The summed E-state index contributed by atoms with van der Waals surface area (Å²) >= 11 is 5.07. The van der Waals surface area contributed by atoms with Gasteiger partial charge in [0.15, 0.2) is 0 Å². The minimum Gasteiger partial charge on any atom is -0.392 e. The van der Waals surface area contributed by atoms with Crippen LogP contribution in [0.1, 0.15) is 13.8 Å². The highest BCUT2D eigenvalue weighted by molar-refractivity contribution is 7.89. The molecule has 112 valence electrons. The van der Waals surface area contributed by atoms with Crippen LogP contribution in [0.15, 0.2) is 17.3 Å². The van der Waals surface area contributed by atoms with Crippen molar-refractivity contribution in [3.63, 3.8) is 0 Å². The van der Waals surface area contributed by atoms with Gasteiger partial charge in [-0.05, 0) is 13.8 Å². The molecule has 1 fully saturated rings. The molecule has 0 saturated carbocycles. The second-order valence-corrected chi connectivity index (χ2v) is 7.63. The maximum atomic E-state index is 12.3. The molecule has 9 heteroatoms. The van der Waals surface area contributed by atoms with E-state index >= 15 is 0 Å². The molecular formula is C11H19N5O2S2. The van der Waals surface area contributed by atoms with Crippen LogP contribution < -0.4 is 5.73 Å². The second kappa shape index (κ2) is 5.40. The maximum Gasteiger partial charge on any atom is 0.246 e. The molecule has 7 nitrogen and oxygen atoms in total. The molecule has 1 saturated heterocycles. The van der Waals surface area contributed by atoms with Crippen LogP contribution in [-0.2, 0) is 10.0 Å². The standard InChI is InChI=1S/C11H19N5O2S2/c1-11(2,10(12)19)15-3-5-16(6-4-15)20(17,18)9-7-13-14-8-9/h7-8H,3-6H2,1-2H3,(H2,12,19)(H,13,14). The summed E-state index contributed by atoms with van der Waals surface area (Å²) in [7, 11) is -3.46. The van der Waals surface area contributed by atoms with E-state index in [0.29, 0.717) is 31.2 Å². The normalized spacial score (nSPS) is 19.1. The first kappa shape index (κ1) is 15.4. The van der Waals surface area contributed by atoms with Crippen LogP contribution in [0.5, 0.6) is 0 Å². The van der Waals surface area contributed by atoms with Gasteiger partial charge >= 0.3 is 0 Å². The molecule has 2 heterocycles. The summed E-state index contributed by atoms with van der Waals surface area (Å²) in [4.78, 5) is 2.72. The van der Waals surface area contributed by atoms with Gasteiger partial charge in [0.2, 0.25) is 10.0 Å². The zero-order chi connectivity index (χ0) is 15.0. The quantitative estimate of drug-likeness (QED) is 0.746. The number of nitrogens with zero attached hydrogens (tertiary/aromatic N) is 3. The molecule has 0 bridgehead atoms. The number of thiocarbonyl (C=S) groups is 1. The first-order chi connectivity index (χ1) is 9.26. The Morgan fingerprint density at radius 2 is 2.00 bits per heavy atom. The van der Waals surface area contributed by atoms with Gasteiger partial charge in [0, 0.05) is 32.4 Å². The molecule has 0 aliphatic carbocycles. The third kappa shape index (κ3) is 2.71. The van der Waals surface area contributed by atoms with Crippen molar-refractivity contribution in [1.29, 1.82) is 0 Å². The van der Waals surface area contributed by atoms with Gasteiger partial charge in [0.05, 0.1) is 16.7 Å². The second-order valence-electron chi connectivity index (χ2n) is 5.25. The first-order valence-electron chi connectivity index (χ1n) is 6.30. The highest BCUT2D eigenvalue weighted by Crippen LogP contribution is 2.21. The Labute approximate surface area is 124 Å². The average molecular weight is 317 g/mol. The predicted molar refractivity (Wildman–Crippen MR) is 79.8 cm³/mol. The molecular weight excluding hydrogens is 298 g/mol. The zero-order valence-corrected chi connectivity index (χ0v) is 13.2. The largest absolute Gasteiger partial charge is 0.392 e. The topological polar surface area (TPSA) is 95.3 Å². The van der Waals surface area contributed by atoms with E-state index in [0.717, 1.165) is 0 Å². The first-order valence-corrected chi connectivity index (χ1v) is 8.15. The minimum absolute atomic E-state index is 0.194. The van der Waals surface area contributed by atoms with Crippen molar-refractivity contribution >= 4 is 27.2 Å². The zero-order valence-electron chi connectivity index (χ0n) is 11.5. The Hall–Kier alpha value is -1.03. The molecule has 0 radical (unpaired) electrons. The number of rotatable bonds is 4. The fourth-order valence-corrected chi connectivity index (χ4v) is 3.63. The van der Waals surface area contributed by atoms with E-state index < -0.39 is 15.6 Å². The molecule has 3 N–H and O–H groups in total. The van der Waals surface area contributed by atoms with Crippen LogP contribution >= 0.6 is 12.2 Å². The van der Waals surface area contributed by atoms with Crippen molar-refractivity contribution < 1.29 is 8.42 Å². The molecule has 0 unspecified atom stereocenters. The SMILES string of the molecule is CC(C)(C(N)=S)N1CCN(S(=O)(=O)c2cn[nH]c2)CC1. The summed E-state index contributed by atoms with van der Waals surface area (Å²) < 4.78 is 26.1. The van der Waals surface area contributed by atoms with Crippen LogP contribution in [0.4, 0.5) is 0 Å². The highest BCUT2D eigenvalue weighted by Gasteiger charge is 2.35. The summed E-state index contributed by atoms with van der Waals surface area (Å²) in [6.07, 6.45) is 2.71. The molecule has 1 aliphatic heterocycles. The lowest BCUT2D eigenvalue weighted by molar-refractivity contribution is 0.123. The highest BCUT2D eigenvalue weighted by atomic mass is 32.2. The molecule has 0 atom stereocenters. The number of nitrogens with two attached hydrogens (primary N) is 1. The molecule has 1 aromatic rings. The smallest absolute Gasteiger partial charge is 0.246 e. The number of nitrogens with one attached hydrogen (secondary N) is 1. The van der Waals surface area contributed by atoms with Gasteiger partial charge in [-0.25, -0.2) is 8.42 Å². The van der Waals surface area contributed by atoms with Crippen molar-refractivity contribution in [2.75, 3.05) is 26.2 Å². The van der Waals surface area contributed by atoms with E-state index in [1.807, 2.05) is 13.8 Å². The molecule has 0 aromatic carbocycles. The van der Waals surface area contributed by atoms with Crippen molar-refractivity contribution in [1.82, 2.24) is 19.4 Å². The van der Waals surface area contributed by atoms with Crippen LogP contribution in [0, 0.1) is 0 Å². The van der Waals surface area contributed by atoms with E-state index in [9.17, 15) is 8.42 Å². The number of piperazine rings is 1. The monoisotopic (exact) mass is 317 g/mol. The lowest BCUT2D eigenvalue weighted by atomic mass is 10.0. The van der Waals surface area contributed by atoms with E-state index in [1.165, 1.54) is 16.7 Å². The number of aromatic amines is 1. The van der Waals surface area contributed by atoms with Crippen LogP contribution in [-0.4, -0.2) is 64.5 Å². The lowest BCUT2D eigenvalue weighted by Crippen LogP contribution is -2.59. The molecule has 1 aromatic heterocycles. The van der Waals surface area contributed by atoms with Crippen molar-refractivity contribution in [3.05, 3.63) is 12.4 Å². The third-order valence-electron chi connectivity index (χ3n) is 3.74. The van der Waals surface area contributed by atoms with Crippen LogP contribution in [0.3, 0.4) is 0 Å². The summed E-state index contributed by atoms with van der Waals surface area (Å²) in [5.41, 5.74) is 5.34.